The van der Waals surface area contributed by atoms with E-state index in [4.69, 9.17) is 0 Å². The molecule has 2 rings (SSSR count). The molecule has 0 aromatic rings. The minimum atomic E-state index is -0.169. The molecule has 0 radical (unpaired) electrons. The minimum absolute atomic E-state index is 0.169. The Kier molecular flexibility index (Phi) is 3.23. The normalized spacial score (nSPS) is 28.5. The van der Waals surface area contributed by atoms with Gasteiger partial charge in [-0.2, -0.15) is 0 Å². The summed E-state index contributed by atoms with van der Waals surface area (Å²) in [6.07, 6.45) is 3.34. The van der Waals surface area contributed by atoms with E-state index in [9.17, 15) is 4.79 Å². The van der Waals surface area contributed by atoms with E-state index in [1.807, 2.05) is 0 Å². The topological polar surface area (TPSA) is 32.3 Å². The van der Waals surface area contributed by atoms with Gasteiger partial charge in [-0.25, -0.2) is 0 Å². The number of rotatable bonds is 4. The van der Waals surface area contributed by atoms with Crippen LogP contribution in [0.2, 0.25) is 0 Å². The molecule has 2 aliphatic rings. The SMILES string of the molecule is CCC(C(C)C)N1C(=O)C2(CC2)NC1C(C)C. The molecule has 0 aromatic heterocycles. The fraction of sp³-hybridized carbons (Fsp3) is 0.929. The van der Waals surface area contributed by atoms with E-state index in [2.05, 4.69) is 44.8 Å². The summed E-state index contributed by atoms with van der Waals surface area (Å²) >= 11 is 0. The second-order valence-electron chi connectivity index (χ2n) is 6.35. The van der Waals surface area contributed by atoms with E-state index in [-0.39, 0.29) is 11.7 Å². The molecule has 98 valence electrons. The molecule has 2 atom stereocenters. The van der Waals surface area contributed by atoms with Gasteiger partial charge < -0.3 is 4.90 Å². The second kappa shape index (κ2) is 4.27. The summed E-state index contributed by atoms with van der Waals surface area (Å²) in [5, 5.41) is 3.59. The highest BCUT2D eigenvalue weighted by molar-refractivity contribution is 5.92. The third-order valence-corrected chi connectivity index (χ3v) is 4.29. The molecular weight excluding hydrogens is 212 g/mol. The molecule has 1 aliphatic heterocycles. The molecule has 1 saturated heterocycles. The predicted octanol–water partition coefficient (Wildman–Crippen LogP) is 2.37. The van der Waals surface area contributed by atoms with E-state index >= 15 is 0 Å². The molecule has 3 heteroatoms. The summed E-state index contributed by atoms with van der Waals surface area (Å²) in [4.78, 5) is 14.7. The van der Waals surface area contributed by atoms with Gasteiger partial charge in [0.25, 0.3) is 0 Å². The molecule has 1 saturated carbocycles. The van der Waals surface area contributed by atoms with Gasteiger partial charge in [0, 0.05) is 6.04 Å². The molecule has 1 N–H and O–H groups in total. The minimum Gasteiger partial charge on any atom is -0.322 e. The Hall–Kier alpha value is -0.570. The highest BCUT2D eigenvalue weighted by Gasteiger charge is 2.60. The summed E-state index contributed by atoms with van der Waals surface area (Å²) in [5.74, 6) is 1.37. The van der Waals surface area contributed by atoms with Crippen molar-refractivity contribution in [1.82, 2.24) is 10.2 Å². The zero-order chi connectivity index (χ0) is 12.8. The van der Waals surface area contributed by atoms with Crippen LogP contribution in [0.3, 0.4) is 0 Å². The number of hydrogen-bond acceptors (Lipinski definition) is 2. The number of carbonyl (C=O) groups excluding carboxylic acids is 1. The Balaban J connectivity index is 2.25. The van der Waals surface area contributed by atoms with Gasteiger partial charge in [-0.05, 0) is 31.1 Å². The highest BCUT2D eigenvalue weighted by atomic mass is 16.2. The lowest BCUT2D eigenvalue weighted by molar-refractivity contribution is -0.134. The average Bonchev–Trinajstić information content (AvgIpc) is 2.96. The highest BCUT2D eigenvalue weighted by Crippen LogP contribution is 2.44. The lowest BCUT2D eigenvalue weighted by Crippen LogP contribution is -2.49. The fourth-order valence-electron chi connectivity index (χ4n) is 3.11. The molecule has 1 aliphatic carbocycles. The Morgan fingerprint density at radius 2 is 1.94 bits per heavy atom. The van der Waals surface area contributed by atoms with Gasteiger partial charge in [-0.1, -0.05) is 34.6 Å². The number of amides is 1. The average molecular weight is 238 g/mol. The third-order valence-electron chi connectivity index (χ3n) is 4.29. The fourth-order valence-corrected chi connectivity index (χ4v) is 3.11. The Morgan fingerprint density at radius 3 is 2.29 bits per heavy atom. The molecule has 0 bridgehead atoms. The largest absolute Gasteiger partial charge is 0.322 e. The molecule has 1 heterocycles. The van der Waals surface area contributed by atoms with Gasteiger partial charge >= 0.3 is 0 Å². The summed E-state index contributed by atoms with van der Waals surface area (Å²) in [7, 11) is 0. The van der Waals surface area contributed by atoms with Crippen molar-refractivity contribution in [3.8, 4) is 0 Å². The van der Waals surface area contributed by atoms with Crippen molar-refractivity contribution in [1.29, 1.82) is 0 Å². The van der Waals surface area contributed by atoms with Crippen molar-refractivity contribution in [2.75, 3.05) is 0 Å². The molecular formula is C14H26N2O. The van der Waals surface area contributed by atoms with Gasteiger partial charge in [0.15, 0.2) is 0 Å². The second-order valence-corrected chi connectivity index (χ2v) is 6.35. The standard InChI is InChI=1S/C14H26N2O/c1-6-11(9(2)3)16-12(10(4)5)15-14(7-8-14)13(16)17/h9-12,15H,6-8H2,1-5H3. The van der Waals surface area contributed by atoms with Crippen LogP contribution < -0.4 is 5.32 Å². The third kappa shape index (κ3) is 1.99. The van der Waals surface area contributed by atoms with Gasteiger partial charge in [0.05, 0.1) is 11.7 Å². The van der Waals surface area contributed by atoms with Crippen LogP contribution in [0.4, 0.5) is 0 Å². The van der Waals surface area contributed by atoms with Crippen molar-refractivity contribution in [2.45, 2.75) is 71.6 Å². The molecule has 17 heavy (non-hydrogen) atoms. The number of hydrogen-bond donors (Lipinski definition) is 1. The molecule has 2 fully saturated rings. The molecule has 3 nitrogen and oxygen atoms in total. The van der Waals surface area contributed by atoms with Crippen LogP contribution in [-0.4, -0.2) is 28.6 Å². The van der Waals surface area contributed by atoms with Crippen LogP contribution >= 0.6 is 0 Å². The summed E-state index contributed by atoms with van der Waals surface area (Å²) in [6.45, 7) is 11.0. The van der Waals surface area contributed by atoms with Gasteiger partial charge in [0.2, 0.25) is 5.91 Å². The first-order valence-corrected chi connectivity index (χ1v) is 7.03. The van der Waals surface area contributed by atoms with E-state index in [1.165, 1.54) is 0 Å². The van der Waals surface area contributed by atoms with Crippen LogP contribution in [-0.2, 0) is 4.79 Å². The van der Waals surface area contributed by atoms with E-state index in [0.717, 1.165) is 19.3 Å². The molecule has 0 aromatic carbocycles. The summed E-state index contributed by atoms with van der Waals surface area (Å²) < 4.78 is 0. The summed E-state index contributed by atoms with van der Waals surface area (Å²) in [6, 6.07) is 0.377. The molecule has 1 spiro atoms. The zero-order valence-electron chi connectivity index (χ0n) is 11.8. The van der Waals surface area contributed by atoms with Crippen molar-refractivity contribution in [3.63, 3.8) is 0 Å². The predicted molar refractivity (Wildman–Crippen MR) is 69.5 cm³/mol. The molecule has 2 unspecified atom stereocenters. The van der Waals surface area contributed by atoms with Gasteiger partial charge in [0.1, 0.15) is 0 Å². The van der Waals surface area contributed by atoms with Crippen molar-refractivity contribution in [2.24, 2.45) is 11.8 Å². The van der Waals surface area contributed by atoms with Crippen molar-refractivity contribution >= 4 is 5.91 Å². The van der Waals surface area contributed by atoms with Crippen LogP contribution in [0.5, 0.6) is 0 Å². The number of nitrogens with one attached hydrogen (secondary N) is 1. The first-order valence-electron chi connectivity index (χ1n) is 7.03. The smallest absolute Gasteiger partial charge is 0.244 e. The van der Waals surface area contributed by atoms with E-state index in [1.54, 1.807) is 0 Å². The van der Waals surface area contributed by atoms with E-state index in [0.29, 0.717) is 23.8 Å². The Labute approximate surface area is 105 Å². The van der Waals surface area contributed by atoms with Crippen LogP contribution in [0, 0.1) is 11.8 Å². The quantitative estimate of drug-likeness (QED) is 0.815. The maximum Gasteiger partial charge on any atom is 0.244 e. The maximum atomic E-state index is 12.6. The first-order chi connectivity index (χ1) is 7.93. The maximum absolute atomic E-state index is 12.6. The first kappa shape index (κ1) is 12.9. The van der Waals surface area contributed by atoms with Gasteiger partial charge in [-0.3, -0.25) is 10.1 Å². The van der Waals surface area contributed by atoms with Crippen LogP contribution in [0.1, 0.15) is 53.9 Å². The number of nitrogens with zero attached hydrogens (tertiary/aromatic N) is 1. The van der Waals surface area contributed by atoms with Crippen molar-refractivity contribution < 1.29 is 4.79 Å². The Morgan fingerprint density at radius 1 is 1.35 bits per heavy atom. The number of carbonyl (C=O) groups is 1. The van der Waals surface area contributed by atoms with Crippen molar-refractivity contribution in [3.05, 3.63) is 0 Å². The zero-order valence-corrected chi connectivity index (χ0v) is 11.8. The lowest BCUT2D eigenvalue weighted by Gasteiger charge is -2.36. The monoisotopic (exact) mass is 238 g/mol. The van der Waals surface area contributed by atoms with E-state index < -0.39 is 0 Å². The molecule has 1 amide bonds. The van der Waals surface area contributed by atoms with Crippen LogP contribution in [0.25, 0.3) is 0 Å². The Bertz CT molecular complexity index is 307. The summed E-state index contributed by atoms with van der Waals surface area (Å²) in [5.41, 5.74) is -0.169. The van der Waals surface area contributed by atoms with Gasteiger partial charge in [-0.15, -0.1) is 0 Å². The lowest BCUT2D eigenvalue weighted by atomic mass is 9.97. The van der Waals surface area contributed by atoms with Crippen LogP contribution in [0.15, 0.2) is 0 Å².